The fourth-order valence-corrected chi connectivity index (χ4v) is 2.27. The second-order valence-corrected chi connectivity index (χ2v) is 5.02. The van der Waals surface area contributed by atoms with Crippen LogP contribution in [-0.4, -0.2) is 19.0 Å². The fourth-order valence-electron chi connectivity index (χ4n) is 1.80. The van der Waals surface area contributed by atoms with Crippen LogP contribution in [0.25, 0.3) is 0 Å². The lowest BCUT2D eigenvalue weighted by Crippen LogP contribution is -2.35. The van der Waals surface area contributed by atoms with E-state index in [2.05, 4.69) is 19.2 Å². The Hall–Kier alpha value is 0.250. The number of nitrogens with one attached hydrogen (secondary N) is 1. The van der Waals surface area contributed by atoms with Crippen LogP contribution in [0.3, 0.4) is 0 Å². The highest BCUT2D eigenvalue weighted by Gasteiger charge is 2.25. The summed E-state index contributed by atoms with van der Waals surface area (Å²) in [6.45, 7) is 6.77. The topological polar surface area (TPSA) is 12.0 Å². The van der Waals surface area contributed by atoms with Crippen LogP contribution < -0.4 is 5.32 Å². The van der Waals surface area contributed by atoms with Crippen molar-refractivity contribution in [2.45, 2.75) is 46.0 Å². The summed E-state index contributed by atoms with van der Waals surface area (Å²) < 4.78 is 0. The summed E-state index contributed by atoms with van der Waals surface area (Å²) in [5.41, 5.74) is 0.338. The predicted molar refractivity (Wildman–Crippen MR) is 63.9 cm³/mol. The molecule has 1 rings (SSSR count). The largest absolute Gasteiger partial charge is 0.316 e. The lowest BCUT2D eigenvalue weighted by molar-refractivity contribution is 0.286. The van der Waals surface area contributed by atoms with Crippen molar-refractivity contribution >= 4 is 11.6 Å². The molecule has 14 heavy (non-hydrogen) atoms. The molecule has 1 aliphatic carbocycles. The first kappa shape index (κ1) is 12.3. The van der Waals surface area contributed by atoms with Gasteiger partial charge in [0, 0.05) is 12.4 Å². The quantitative estimate of drug-likeness (QED) is 0.485. The summed E-state index contributed by atoms with van der Waals surface area (Å²) in [6.07, 6.45) is 6.66. The standard InChI is InChI=1S/C12H24ClN/c1-3-12(4-2,9-13)10-14-8-7-11-5-6-11/h11,14H,3-10H2,1-2H3. The average Bonchev–Trinajstić information content (AvgIpc) is 3.03. The van der Waals surface area contributed by atoms with E-state index in [9.17, 15) is 0 Å². The van der Waals surface area contributed by atoms with Crippen LogP contribution in [0.2, 0.25) is 0 Å². The van der Waals surface area contributed by atoms with Gasteiger partial charge in [-0.25, -0.2) is 0 Å². The van der Waals surface area contributed by atoms with Crippen molar-refractivity contribution in [1.29, 1.82) is 0 Å². The maximum Gasteiger partial charge on any atom is 0.0291 e. The molecular formula is C12H24ClN. The highest BCUT2D eigenvalue weighted by Crippen LogP contribution is 2.32. The first-order chi connectivity index (χ1) is 6.76. The molecular weight excluding hydrogens is 194 g/mol. The van der Waals surface area contributed by atoms with Crippen LogP contribution in [0.4, 0.5) is 0 Å². The van der Waals surface area contributed by atoms with Gasteiger partial charge >= 0.3 is 0 Å². The molecule has 0 atom stereocenters. The Morgan fingerprint density at radius 3 is 2.36 bits per heavy atom. The van der Waals surface area contributed by atoms with E-state index in [1.54, 1.807) is 0 Å². The Morgan fingerprint density at radius 2 is 1.93 bits per heavy atom. The molecule has 0 spiro atoms. The number of hydrogen-bond donors (Lipinski definition) is 1. The van der Waals surface area contributed by atoms with Crippen LogP contribution >= 0.6 is 11.6 Å². The Labute approximate surface area is 93.6 Å². The van der Waals surface area contributed by atoms with Crippen LogP contribution in [0.1, 0.15) is 46.0 Å². The van der Waals surface area contributed by atoms with Gasteiger partial charge in [-0.05, 0) is 37.1 Å². The van der Waals surface area contributed by atoms with Gasteiger partial charge in [-0.2, -0.15) is 0 Å². The zero-order valence-corrected chi connectivity index (χ0v) is 10.4. The first-order valence-electron chi connectivity index (χ1n) is 6.03. The monoisotopic (exact) mass is 217 g/mol. The van der Waals surface area contributed by atoms with E-state index in [4.69, 9.17) is 11.6 Å². The minimum atomic E-state index is 0.338. The number of halogens is 1. The van der Waals surface area contributed by atoms with Crippen LogP contribution in [-0.2, 0) is 0 Å². The van der Waals surface area contributed by atoms with E-state index in [1.807, 2.05) is 0 Å². The molecule has 84 valence electrons. The molecule has 1 fully saturated rings. The van der Waals surface area contributed by atoms with Crippen molar-refractivity contribution in [1.82, 2.24) is 5.32 Å². The summed E-state index contributed by atoms with van der Waals surface area (Å²) in [5.74, 6) is 1.83. The molecule has 0 aromatic carbocycles. The van der Waals surface area contributed by atoms with E-state index < -0.39 is 0 Å². The molecule has 0 radical (unpaired) electrons. The third-order valence-electron chi connectivity index (χ3n) is 3.71. The zero-order valence-electron chi connectivity index (χ0n) is 9.61. The lowest BCUT2D eigenvalue weighted by atomic mass is 9.84. The van der Waals surface area contributed by atoms with Gasteiger partial charge in [0.15, 0.2) is 0 Å². The van der Waals surface area contributed by atoms with Crippen molar-refractivity contribution in [3.63, 3.8) is 0 Å². The summed E-state index contributed by atoms with van der Waals surface area (Å²) in [7, 11) is 0. The maximum absolute atomic E-state index is 6.04. The SMILES string of the molecule is CCC(CC)(CCl)CNCCC1CC1. The molecule has 1 N–H and O–H groups in total. The first-order valence-corrected chi connectivity index (χ1v) is 6.56. The minimum absolute atomic E-state index is 0.338. The van der Waals surface area contributed by atoms with Crippen molar-refractivity contribution in [2.75, 3.05) is 19.0 Å². The Morgan fingerprint density at radius 1 is 1.29 bits per heavy atom. The number of rotatable bonds is 8. The number of alkyl halides is 1. The zero-order chi connectivity index (χ0) is 10.4. The van der Waals surface area contributed by atoms with Crippen molar-refractivity contribution < 1.29 is 0 Å². The van der Waals surface area contributed by atoms with E-state index in [1.165, 1.54) is 38.6 Å². The van der Waals surface area contributed by atoms with Crippen molar-refractivity contribution in [3.8, 4) is 0 Å². The molecule has 1 nitrogen and oxygen atoms in total. The van der Waals surface area contributed by atoms with Crippen LogP contribution in [0.5, 0.6) is 0 Å². The lowest BCUT2D eigenvalue weighted by Gasteiger charge is -2.29. The maximum atomic E-state index is 6.04. The molecule has 0 saturated heterocycles. The summed E-state index contributed by atoms with van der Waals surface area (Å²) >= 11 is 6.04. The molecule has 0 heterocycles. The molecule has 0 bridgehead atoms. The van der Waals surface area contributed by atoms with Gasteiger partial charge in [-0.15, -0.1) is 11.6 Å². The second kappa shape index (κ2) is 5.97. The van der Waals surface area contributed by atoms with Gasteiger partial charge in [-0.1, -0.05) is 26.7 Å². The van der Waals surface area contributed by atoms with Crippen LogP contribution in [0, 0.1) is 11.3 Å². The molecule has 0 unspecified atom stereocenters. The third kappa shape index (κ3) is 3.78. The fraction of sp³-hybridized carbons (Fsp3) is 1.00. The smallest absolute Gasteiger partial charge is 0.0291 e. The molecule has 1 saturated carbocycles. The van der Waals surface area contributed by atoms with Gasteiger partial charge in [-0.3, -0.25) is 0 Å². The summed E-state index contributed by atoms with van der Waals surface area (Å²) in [5, 5.41) is 3.57. The normalized spacial score (nSPS) is 17.4. The van der Waals surface area contributed by atoms with E-state index in [0.717, 1.165) is 18.3 Å². The van der Waals surface area contributed by atoms with E-state index in [-0.39, 0.29) is 0 Å². The number of hydrogen-bond acceptors (Lipinski definition) is 1. The molecule has 0 aromatic heterocycles. The Kier molecular flexibility index (Phi) is 5.25. The molecule has 2 heteroatoms. The average molecular weight is 218 g/mol. The summed E-state index contributed by atoms with van der Waals surface area (Å²) in [4.78, 5) is 0. The molecule has 0 aromatic rings. The van der Waals surface area contributed by atoms with Gasteiger partial charge in [0.2, 0.25) is 0 Å². The highest BCUT2D eigenvalue weighted by molar-refractivity contribution is 6.18. The predicted octanol–water partition coefficient (Wildman–Crippen LogP) is 3.42. The van der Waals surface area contributed by atoms with E-state index >= 15 is 0 Å². The summed E-state index contributed by atoms with van der Waals surface area (Å²) in [6, 6.07) is 0. The highest BCUT2D eigenvalue weighted by atomic mass is 35.5. The van der Waals surface area contributed by atoms with E-state index in [0.29, 0.717) is 5.41 Å². The Balaban J connectivity index is 2.11. The molecule has 0 aliphatic heterocycles. The molecule has 1 aliphatic rings. The van der Waals surface area contributed by atoms with Crippen LogP contribution in [0.15, 0.2) is 0 Å². The van der Waals surface area contributed by atoms with Crippen molar-refractivity contribution in [3.05, 3.63) is 0 Å². The second-order valence-electron chi connectivity index (χ2n) is 4.75. The van der Waals surface area contributed by atoms with Gasteiger partial charge in [0.25, 0.3) is 0 Å². The van der Waals surface area contributed by atoms with Crippen molar-refractivity contribution in [2.24, 2.45) is 11.3 Å². The minimum Gasteiger partial charge on any atom is -0.316 e. The van der Waals surface area contributed by atoms with Gasteiger partial charge in [0.1, 0.15) is 0 Å². The van der Waals surface area contributed by atoms with Gasteiger partial charge in [0.05, 0.1) is 0 Å². The Bertz CT molecular complexity index is 142. The van der Waals surface area contributed by atoms with Gasteiger partial charge < -0.3 is 5.32 Å². The molecule has 0 amide bonds. The third-order valence-corrected chi connectivity index (χ3v) is 4.28.